The van der Waals surface area contributed by atoms with Crippen LogP contribution in [0.5, 0.6) is 0 Å². The normalized spacial score (nSPS) is 15.5. The Hall–Kier alpha value is -2.43. The highest BCUT2D eigenvalue weighted by atomic mass is 32.2. The van der Waals surface area contributed by atoms with Gasteiger partial charge in [-0.25, -0.2) is 22.9 Å². The molecular weight excluding hydrogens is 422 g/mol. The van der Waals surface area contributed by atoms with E-state index in [0.29, 0.717) is 36.7 Å². The largest absolute Gasteiger partial charge is 0.338 e. The van der Waals surface area contributed by atoms with Crippen LogP contribution >= 0.6 is 11.3 Å². The van der Waals surface area contributed by atoms with Crippen molar-refractivity contribution in [3.05, 3.63) is 48.1 Å². The lowest BCUT2D eigenvalue weighted by molar-refractivity contribution is 0.180. The molecule has 0 aliphatic carbocycles. The van der Waals surface area contributed by atoms with E-state index in [2.05, 4.69) is 19.6 Å². The number of hydrogen-bond donors (Lipinski definition) is 2. The summed E-state index contributed by atoms with van der Waals surface area (Å²) in [7, 11) is -3.47. The third-order valence-electron chi connectivity index (χ3n) is 5.24. The molecule has 0 radical (unpaired) electrons. The molecule has 30 heavy (non-hydrogen) atoms. The molecule has 0 spiro atoms. The number of amides is 2. The van der Waals surface area contributed by atoms with Crippen molar-refractivity contribution >= 4 is 38.4 Å². The fraction of sp³-hybridized carbons (Fsp3) is 0.400. The van der Waals surface area contributed by atoms with E-state index in [-0.39, 0.29) is 12.1 Å². The van der Waals surface area contributed by atoms with Crippen LogP contribution in [0.1, 0.15) is 19.3 Å². The minimum atomic E-state index is -3.47. The molecule has 0 saturated carbocycles. The highest BCUT2D eigenvalue weighted by Crippen LogP contribution is 2.19. The number of carbonyl (C=O) groups is 1. The van der Waals surface area contributed by atoms with Gasteiger partial charge in [0.05, 0.1) is 17.4 Å². The number of aryl methyl sites for hydroxylation is 1. The Morgan fingerprint density at radius 3 is 2.73 bits per heavy atom. The number of thiophene rings is 1. The van der Waals surface area contributed by atoms with Gasteiger partial charge in [0.25, 0.3) is 0 Å². The Morgan fingerprint density at radius 1 is 1.17 bits per heavy atom. The third kappa shape index (κ3) is 4.82. The zero-order valence-electron chi connectivity index (χ0n) is 16.5. The molecule has 10 heteroatoms. The maximum Gasteiger partial charge on any atom is 0.317 e. The van der Waals surface area contributed by atoms with E-state index in [1.807, 2.05) is 30.6 Å². The quantitative estimate of drug-likeness (QED) is 0.544. The predicted octanol–water partition coefficient (Wildman–Crippen LogP) is 2.64. The summed E-state index contributed by atoms with van der Waals surface area (Å²) in [6.45, 7) is 2.44. The number of fused-ring (bicyclic) bond motifs is 1. The molecule has 1 aliphatic heterocycles. The molecule has 2 amide bonds. The number of nitrogens with zero attached hydrogens (tertiary/aromatic N) is 3. The van der Waals surface area contributed by atoms with Crippen LogP contribution in [-0.4, -0.2) is 54.6 Å². The van der Waals surface area contributed by atoms with Crippen molar-refractivity contribution in [2.24, 2.45) is 0 Å². The van der Waals surface area contributed by atoms with Crippen LogP contribution in [0.3, 0.4) is 0 Å². The van der Waals surface area contributed by atoms with Gasteiger partial charge in [0, 0.05) is 32.2 Å². The highest BCUT2D eigenvalue weighted by Gasteiger charge is 2.26. The number of benzene rings is 1. The Morgan fingerprint density at radius 2 is 1.97 bits per heavy atom. The van der Waals surface area contributed by atoms with Crippen LogP contribution in [-0.2, 0) is 16.6 Å². The molecule has 1 saturated heterocycles. The number of aromatic nitrogens is 2. The van der Waals surface area contributed by atoms with E-state index in [9.17, 15) is 13.2 Å². The number of para-hydroxylation sites is 2. The van der Waals surface area contributed by atoms with Gasteiger partial charge in [0.15, 0.2) is 0 Å². The second-order valence-corrected chi connectivity index (χ2v) is 10.2. The fourth-order valence-electron chi connectivity index (χ4n) is 3.64. The summed E-state index contributed by atoms with van der Waals surface area (Å²) in [4.78, 5) is 18.5. The molecule has 0 bridgehead atoms. The van der Waals surface area contributed by atoms with Crippen molar-refractivity contribution in [2.75, 3.05) is 19.6 Å². The van der Waals surface area contributed by atoms with E-state index < -0.39 is 10.0 Å². The first-order valence-corrected chi connectivity index (χ1v) is 12.4. The molecule has 0 atom stereocenters. The summed E-state index contributed by atoms with van der Waals surface area (Å²) >= 11 is 1.20. The Labute approximate surface area is 180 Å². The van der Waals surface area contributed by atoms with Gasteiger partial charge in [-0.1, -0.05) is 18.2 Å². The number of imidazole rings is 1. The van der Waals surface area contributed by atoms with Crippen molar-refractivity contribution in [1.29, 1.82) is 0 Å². The molecule has 4 rings (SSSR count). The van der Waals surface area contributed by atoms with Gasteiger partial charge < -0.3 is 14.8 Å². The number of carbonyl (C=O) groups excluding carboxylic acids is 1. The molecule has 1 aliphatic rings. The lowest BCUT2D eigenvalue weighted by Gasteiger charge is -2.32. The zero-order valence-corrected chi connectivity index (χ0v) is 18.2. The summed E-state index contributed by atoms with van der Waals surface area (Å²) in [5.41, 5.74) is 2.06. The molecular formula is C20H25N5O3S2. The van der Waals surface area contributed by atoms with Crippen LogP contribution in [0, 0.1) is 0 Å². The third-order valence-corrected chi connectivity index (χ3v) is 8.16. The first kappa shape index (κ1) is 20.8. The standard InChI is InChI=1S/C20H25N5O3S2/c26-20(21-10-4-11-25-15-22-17-5-1-2-6-18(17)25)24-12-8-16(9-13-24)23-30(27,28)19-7-3-14-29-19/h1-3,5-7,14-16,23H,4,8-13H2,(H,21,26). The second-order valence-electron chi connectivity index (χ2n) is 7.33. The number of rotatable bonds is 7. The first-order valence-electron chi connectivity index (χ1n) is 10.0. The van der Waals surface area contributed by atoms with E-state index in [4.69, 9.17) is 0 Å². The van der Waals surface area contributed by atoms with E-state index >= 15 is 0 Å². The molecule has 8 nitrogen and oxygen atoms in total. The topological polar surface area (TPSA) is 96.3 Å². The summed E-state index contributed by atoms with van der Waals surface area (Å²) in [6.07, 6.45) is 3.86. The predicted molar refractivity (Wildman–Crippen MR) is 117 cm³/mol. The van der Waals surface area contributed by atoms with Crippen LogP contribution in [0.15, 0.2) is 52.3 Å². The van der Waals surface area contributed by atoms with Crippen LogP contribution < -0.4 is 10.0 Å². The maximum absolute atomic E-state index is 12.4. The van der Waals surface area contributed by atoms with E-state index in [1.165, 1.54) is 11.3 Å². The van der Waals surface area contributed by atoms with Crippen molar-refractivity contribution in [3.8, 4) is 0 Å². The molecule has 3 aromatic rings. The summed E-state index contributed by atoms with van der Waals surface area (Å²) in [5, 5.41) is 4.71. The van der Waals surface area contributed by atoms with Crippen LogP contribution in [0.2, 0.25) is 0 Å². The van der Waals surface area contributed by atoms with Crippen molar-refractivity contribution in [3.63, 3.8) is 0 Å². The Bertz CT molecular complexity index is 1090. The average Bonchev–Trinajstić information content (AvgIpc) is 3.42. The number of hydrogen-bond acceptors (Lipinski definition) is 5. The number of sulfonamides is 1. The molecule has 1 fully saturated rings. The van der Waals surface area contributed by atoms with Gasteiger partial charge in [0.2, 0.25) is 10.0 Å². The minimum Gasteiger partial charge on any atom is -0.338 e. The summed E-state index contributed by atoms with van der Waals surface area (Å²) < 4.78 is 29.8. The van der Waals surface area contributed by atoms with Gasteiger partial charge in [-0.15, -0.1) is 11.3 Å². The van der Waals surface area contributed by atoms with Crippen molar-refractivity contribution in [1.82, 2.24) is 24.5 Å². The number of piperidine rings is 1. The maximum atomic E-state index is 12.4. The van der Waals surface area contributed by atoms with Crippen LogP contribution in [0.4, 0.5) is 4.79 Å². The molecule has 3 heterocycles. The smallest absolute Gasteiger partial charge is 0.317 e. The lowest BCUT2D eigenvalue weighted by Crippen LogP contribution is -2.49. The Balaban J connectivity index is 1.18. The second kappa shape index (κ2) is 9.15. The number of urea groups is 1. The first-order chi connectivity index (χ1) is 14.5. The van der Waals surface area contributed by atoms with Gasteiger partial charge in [-0.2, -0.15) is 0 Å². The van der Waals surface area contributed by atoms with Crippen molar-refractivity contribution in [2.45, 2.75) is 36.1 Å². The highest BCUT2D eigenvalue weighted by molar-refractivity contribution is 7.91. The van der Waals surface area contributed by atoms with Crippen LogP contribution in [0.25, 0.3) is 11.0 Å². The minimum absolute atomic E-state index is 0.0925. The molecule has 2 aromatic heterocycles. The number of nitrogens with one attached hydrogen (secondary N) is 2. The van der Waals surface area contributed by atoms with Gasteiger partial charge in [-0.3, -0.25) is 0 Å². The SMILES string of the molecule is O=C(NCCCn1cnc2ccccc21)N1CCC(NS(=O)(=O)c2cccs2)CC1. The van der Waals surface area contributed by atoms with Gasteiger partial charge >= 0.3 is 6.03 Å². The van der Waals surface area contributed by atoms with E-state index in [1.54, 1.807) is 22.4 Å². The van der Waals surface area contributed by atoms with Crippen molar-refractivity contribution < 1.29 is 13.2 Å². The molecule has 160 valence electrons. The lowest BCUT2D eigenvalue weighted by atomic mass is 10.1. The van der Waals surface area contributed by atoms with Gasteiger partial charge in [-0.05, 0) is 42.8 Å². The zero-order chi connectivity index (χ0) is 21.0. The molecule has 0 unspecified atom stereocenters. The monoisotopic (exact) mass is 447 g/mol. The Kier molecular flexibility index (Phi) is 6.35. The summed E-state index contributed by atoms with van der Waals surface area (Å²) in [6, 6.07) is 11.1. The average molecular weight is 448 g/mol. The molecule has 1 aromatic carbocycles. The van der Waals surface area contributed by atoms with Gasteiger partial charge in [0.1, 0.15) is 4.21 Å². The fourth-order valence-corrected chi connectivity index (χ4v) is 5.95. The molecule has 2 N–H and O–H groups in total. The summed E-state index contributed by atoms with van der Waals surface area (Å²) in [5.74, 6) is 0. The number of likely N-dealkylation sites (tertiary alicyclic amines) is 1. The van der Waals surface area contributed by atoms with E-state index in [0.717, 1.165) is 24.0 Å².